The zero-order valence-corrected chi connectivity index (χ0v) is 4.83. The first-order chi connectivity index (χ1) is 3.68. The molecule has 0 heterocycles. The molecule has 0 aliphatic rings. The molecule has 0 bridgehead atoms. The van der Waals surface area contributed by atoms with Crippen molar-refractivity contribution in [1.82, 2.24) is 0 Å². The van der Waals surface area contributed by atoms with Crippen LogP contribution in [-0.2, 0) is 0 Å². The second-order valence-corrected chi connectivity index (χ2v) is 1.52. The molecule has 2 nitrogen and oxygen atoms in total. The standard InChI is InChI=1S/C6H10O2/c1-3-4-5(2)6(7)8/h3-4,6-8H,1H2,2H3/b5-4+. The quantitative estimate of drug-likeness (QED) is 0.403. The normalized spacial score (nSPS) is 12.2. The summed E-state index contributed by atoms with van der Waals surface area (Å²) in [5.41, 5.74) is 0.500. The van der Waals surface area contributed by atoms with Gasteiger partial charge in [0.05, 0.1) is 0 Å². The van der Waals surface area contributed by atoms with Crippen molar-refractivity contribution in [2.75, 3.05) is 0 Å². The van der Waals surface area contributed by atoms with Crippen molar-refractivity contribution in [3.05, 3.63) is 24.3 Å². The van der Waals surface area contributed by atoms with E-state index in [1.165, 1.54) is 6.08 Å². The fourth-order valence-electron chi connectivity index (χ4n) is 0.272. The van der Waals surface area contributed by atoms with Gasteiger partial charge in [0.15, 0.2) is 6.29 Å². The van der Waals surface area contributed by atoms with E-state index in [1.54, 1.807) is 13.0 Å². The number of allylic oxidation sites excluding steroid dienone is 2. The number of hydrogen-bond acceptors (Lipinski definition) is 2. The van der Waals surface area contributed by atoms with E-state index in [2.05, 4.69) is 6.58 Å². The fourth-order valence-corrected chi connectivity index (χ4v) is 0.272. The Morgan fingerprint density at radius 2 is 2.12 bits per heavy atom. The minimum atomic E-state index is -1.34. The lowest BCUT2D eigenvalue weighted by molar-refractivity contribution is -0.00760. The van der Waals surface area contributed by atoms with Crippen LogP contribution in [0.1, 0.15) is 6.92 Å². The van der Waals surface area contributed by atoms with Gasteiger partial charge in [0.1, 0.15) is 0 Å². The van der Waals surface area contributed by atoms with E-state index in [9.17, 15) is 0 Å². The second-order valence-electron chi connectivity index (χ2n) is 1.52. The summed E-state index contributed by atoms with van der Waals surface area (Å²) in [6.07, 6.45) is 1.72. The van der Waals surface area contributed by atoms with Gasteiger partial charge in [0, 0.05) is 0 Å². The monoisotopic (exact) mass is 114 g/mol. The van der Waals surface area contributed by atoms with Gasteiger partial charge in [-0.15, -0.1) is 0 Å². The Balaban J connectivity index is 3.78. The van der Waals surface area contributed by atoms with Gasteiger partial charge in [-0.3, -0.25) is 0 Å². The summed E-state index contributed by atoms with van der Waals surface area (Å²) in [7, 11) is 0. The van der Waals surface area contributed by atoms with Gasteiger partial charge in [-0.1, -0.05) is 18.7 Å². The highest BCUT2D eigenvalue weighted by Gasteiger charge is 1.95. The summed E-state index contributed by atoms with van der Waals surface area (Å²) in [6, 6.07) is 0. The third-order valence-electron chi connectivity index (χ3n) is 0.788. The minimum Gasteiger partial charge on any atom is -0.365 e. The second kappa shape index (κ2) is 3.41. The van der Waals surface area contributed by atoms with Gasteiger partial charge >= 0.3 is 0 Å². The Morgan fingerprint density at radius 1 is 1.62 bits per heavy atom. The van der Waals surface area contributed by atoms with Crippen LogP contribution in [0.3, 0.4) is 0 Å². The Hall–Kier alpha value is -0.600. The lowest BCUT2D eigenvalue weighted by Gasteiger charge is -1.99. The van der Waals surface area contributed by atoms with Crippen molar-refractivity contribution < 1.29 is 10.2 Å². The molecule has 0 aromatic carbocycles. The highest BCUT2D eigenvalue weighted by atomic mass is 16.5. The molecule has 0 aliphatic heterocycles. The van der Waals surface area contributed by atoms with Crippen molar-refractivity contribution in [2.45, 2.75) is 13.2 Å². The average molecular weight is 114 g/mol. The van der Waals surface area contributed by atoms with Crippen molar-refractivity contribution in [3.8, 4) is 0 Å². The van der Waals surface area contributed by atoms with Crippen LogP contribution in [0.25, 0.3) is 0 Å². The molecule has 0 spiro atoms. The Morgan fingerprint density at radius 3 is 2.25 bits per heavy atom. The van der Waals surface area contributed by atoms with E-state index in [0.717, 1.165) is 0 Å². The third-order valence-corrected chi connectivity index (χ3v) is 0.788. The van der Waals surface area contributed by atoms with Crippen LogP contribution in [0.5, 0.6) is 0 Å². The molecule has 0 saturated heterocycles. The molecular formula is C6H10O2. The Kier molecular flexibility index (Phi) is 3.15. The summed E-state index contributed by atoms with van der Waals surface area (Å²) >= 11 is 0. The largest absolute Gasteiger partial charge is 0.365 e. The summed E-state index contributed by atoms with van der Waals surface area (Å²) < 4.78 is 0. The highest BCUT2D eigenvalue weighted by Crippen LogP contribution is 1.95. The third kappa shape index (κ3) is 2.55. The van der Waals surface area contributed by atoms with Gasteiger partial charge in [0.25, 0.3) is 0 Å². The molecule has 0 rings (SSSR count). The van der Waals surface area contributed by atoms with E-state index in [4.69, 9.17) is 10.2 Å². The predicted molar refractivity (Wildman–Crippen MR) is 32.2 cm³/mol. The zero-order chi connectivity index (χ0) is 6.57. The average Bonchev–Trinajstić information content (AvgIpc) is 1.67. The van der Waals surface area contributed by atoms with Crippen LogP contribution < -0.4 is 0 Å². The van der Waals surface area contributed by atoms with E-state index in [0.29, 0.717) is 5.57 Å². The van der Waals surface area contributed by atoms with Crippen molar-refractivity contribution in [3.63, 3.8) is 0 Å². The minimum absolute atomic E-state index is 0.500. The zero-order valence-electron chi connectivity index (χ0n) is 4.83. The molecule has 46 valence electrons. The van der Waals surface area contributed by atoms with Crippen LogP contribution in [0, 0.1) is 0 Å². The number of hydrogen-bond donors (Lipinski definition) is 2. The highest BCUT2D eigenvalue weighted by molar-refractivity contribution is 5.08. The summed E-state index contributed by atoms with van der Waals surface area (Å²) in [5.74, 6) is 0. The molecule has 2 N–H and O–H groups in total. The fraction of sp³-hybridized carbons (Fsp3) is 0.333. The molecular weight excluding hydrogens is 104 g/mol. The summed E-state index contributed by atoms with van der Waals surface area (Å²) in [5, 5.41) is 16.8. The van der Waals surface area contributed by atoms with E-state index in [-0.39, 0.29) is 0 Å². The smallest absolute Gasteiger partial charge is 0.174 e. The molecule has 0 amide bonds. The SMILES string of the molecule is C=C/C=C(\C)C(O)O. The molecule has 0 saturated carbocycles. The van der Waals surface area contributed by atoms with Gasteiger partial charge in [-0.25, -0.2) is 0 Å². The Labute approximate surface area is 48.8 Å². The van der Waals surface area contributed by atoms with Gasteiger partial charge in [0.2, 0.25) is 0 Å². The van der Waals surface area contributed by atoms with Gasteiger partial charge in [-0.2, -0.15) is 0 Å². The van der Waals surface area contributed by atoms with Crippen LogP contribution in [-0.4, -0.2) is 16.5 Å². The number of rotatable bonds is 2. The first kappa shape index (κ1) is 7.40. The van der Waals surface area contributed by atoms with Crippen molar-refractivity contribution >= 4 is 0 Å². The molecule has 0 unspecified atom stereocenters. The van der Waals surface area contributed by atoms with Gasteiger partial charge < -0.3 is 10.2 Å². The molecule has 2 heteroatoms. The maximum atomic E-state index is 8.39. The van der Waals surface area contributed by atoms with Crippen molar-refractivity contribution in [1.29, 1.82) is 0 Å². The lowest BCUT2D eigenvalue weighted by atomic mass is 10.3. The lowest BCUT2D eigenvalue weighted by Crippen LogP contribution is -2.04. The molecule has 0 radical (unpaired) electrons. The molecule has 0 aromatic heterocycles. The number of aliphatic hydroxyl groups excluding tert-OH is 1. The topological polar surface area (TPSA) is 40.5 Å². The predicted octanol–water partition coefficient (Wildman–Crippen LogP) is 0.429. The van der Waals surface area contributed by atoms with E-state index < -0.39 is 6.29 Å². The van der Waals surface area contributed by atoms with Gasteiger partial charge in [-0.05, 0) is 12.5 Å². The van der Waals surface area contributed by atoms with Crippen LogP contribution in [0.15, 0.2) is 24.3 Å². The molecule has 0 aromatic rings. The molecule has 0 atom stereocenters. The summed E-state index contributed by atoms with van der Waals surface area (Å²) in [6.45, 7) is 5.00. The first-order valence-corrected chi connectivity index (χ1v) is 2.34. The maximum Gasteiger partial charge on any atom is 0.174 e. The van der Waals surface area contributed by atoms with E-state index in [1.807, 2.05) is 0 Å². The maximum absolute atomic E-state index is 8.39. The van der Waals surface area contributed by atoms with Crippen LogP contribution in [0.2, 0.25) is 0 Å². The van der Waals surface area contributed by atoms with Crippen LogP contribution >= 0.6 is 0 Å². The molecule has 8 heavy (non-hydrogen) atoms. The number of aliphatic hydroxyl groups is 2. The molecule has 0 aliphatic carbocycles. The first-order valence-electron chi connectivity index (χ1n) is 2.34. The van der Waals surface area contributed by atoms with Crippen molar-refractivity contribution in [2.24, 2.45) is 0 Å². The summed E-state index contributed by atoms with van der Waals surface area (Å²) in [4.78, 5) is 0. The van der Waals surface area contributed by atoms with E-state index >= 15 is 0 Å². The molecule has 0 fully saturated rings. The van der Waals surface area contributed by atoms with Crippen LogP contribution in [0.4, 0.5) is 0 Å². The Bertz CT molecular complexity index is 103.